The van der Waals surface area contributed by atoms with Gasteiger partial charge in [-0.2, -0.15) is 13.9 Å². The maximum absolute atomic E-state index is 13.3. The third kappa shape index (κ3) is 5.70. The molecule has 2 atom stereocenters. The van der Waals surface area contributed by atoms with E-state index in [0.717, 1.165) is 44.8 Å². The van der Waals surface area contributed by atoms with Gasteiger partial charge in [0, 0.05) is 38.4 Å². The second-order valence-electron chi connectivity index (χ2n) is 8.54. The van der Waals surface area contributed by atoms with Crippen molar-refractivity contribution in [3.05, 3.63) is 53.2 Å². The minimum Gasteiger partial charge on any atom is -0.435 e. The Labute approximate surface area is 205 Å². The van der Waals surface area contributed by atoms with Crippen molar-refractivity contribution in [2.75, 3.05) is 36.4 Å². The van der Waals surface area contributed by atoms with Crippen molar-refractivity contribution < 1.29 is 18.3 Å². The number of hydrogen-bond acceptors (Lipinski definition) is 10. The lowest BCUT2D eigenvalue weighted by Gasteiger charge is -2.37. The third-order valence-corrected chi connectivity index (χ3v) is 7.00. The van der Waals surface area contributed by atoms with Gasteiger partial charge in [0.2, 0.25) is 5.13 Å². The summed E-state index contributed by atoms with van der Waals surface area (Å²) < 4.78 is 29.9. The lowest BCUT2D eigenvalue weighted by molar-refractivity contribution is -0.125. The molecule has 4 heterocycles. The molecule has 1 aromatic carbocycles. The molecular weight excluding hydrogens is 476 g/mol. The van der Waals surface area contributed by atoms with Crippen molar-refractivity contribution >= 4 is 28.1 Å². The fourth-order valence-electron chi connectivity index (χ4n) is 4.41. The van der Waals surface area contributed by atoms with E-state index in [9.17, 15) is 13.6 Å². The third-order valence-electron chi connectivity index (χ3n) is 6.15. The fourth-order valence-corrected chi connectivity index (χ4v) is 5.24. The van der Waals surface area contributed by atoms with Crippen LogP contribution in [-0.2, 0) is 11.2 Å². The highest BCUT2D eigenvalue weighted by Gasteiger charge is 2.32. The van der Waals surface area contributed by atoms with Gasteiger partial charge in [0.05, 0.1) is 12.5 Å². The molecule has 9 nitrogen and oxygen atoms in total. The van der Waals surface area contributed by atoms with Crippen LogP contribution in [0.25, 0.3) is 0 Å². The van der Waals surface area contributed by atoms with Gasteiger partial charge in [-0.25, -0.2) is 0 Å². The molecule has 2 saturated heterocycles. The van der Waals surface area contributed by atoms with Gasteiger partial charge in [-0.3, -0.25) is 9.69 Å². The molecule has 184 valence electrons. The van der Waals surface area contributed by atoms with E-state index in [0.29, 0.717) is 15.7 Å². The standard InChI is InChI=1S/C23H25F2N7O2S/c24-22(25)34-17-5-1-4-15(12-17)21(31-9-3-10-31)18(33)13-20-29-30-23(35-20)27-16-7-11-32(14-16)19-6-2-8-26-28-19/h1-2,4-6,8,12,16,21-22H,3,7,9-11,13-14H2,(H,27,30)/t16-,21-/m1/s1. The van der Waals surface area contributed by atoms with Crippen LogP contribution in [0.2, 0.25) is 0 Å². The van der Waals surface area contributed by atoms with Gasteiger partial charge in [0.15, 0.2) is 11.6 Å². The largest absolute Gasteiger partial charge is 0.435 e. The Morgan fingerprint density at radius 1 is 1.17 bits per heavy atom. The molecule has 2 aliphatic heterocycles. The van der Waals surface area contributed by atoms with Gasteiger partial charge >= 0.3 is 6.61 Å². The Hall–Kier alpha value is -3.25. The van der Waals surface area contributed by atoms with Crippen LogP contribution < -0.4 is 15.0 Å². The number of ketones is 1. The van der Waals surface area contributed by atoms with Crippen LogP contribution in [0.15, 0.2) is 42.6 Å². The van der Waals surface area contributed by atoms with Crippen LogP contribution in [-0.4, -0.2) is 69.9 Å². The number of likely N-dealkylation sites (tertiary alicyclic amines) is 1. The summed E-state index contributed by atoms with van der Waals surface area (Å²) in [6, 6.07) is 9.86. The SMILES string of the molecule is O=C(Cc1nnc(N[C@@H]2CCN(c3cccnn3)C2)s1)[C@@H](c1cccc(OC(F)F)c1)N1CCC1. The molecular formula is C23H25F2N7O2S. The average molecular weight is 502 g/mol. The highest BCUT2D eigenvalue weighted by molar-refractivity contribution is 7.15. The summed E-state index contributed by atoms with van der Waals surface area (Å²) in [5, 5.41) is 21.2. The van der Waals surface area contributed by atoms with E-state index in [2.05, 4.69) is 35.3 Å². The lowest BCUT2D eigenvalue weighted by atomic mass is 9.96. The Balaban J connectivity index is 1.22. The summed E-state index contributed by atoms with van der Waals surface area (Å²) in [7, 11) is 0. The first-order valence-corrected chi connectivity index (χ1v) is 12.3. The van der Waals surface area contributed by atoms with E-state index in [4.69, 9.17) is 0 Å². The highest BCUT2D eigenvalue weighted by atomic mass is 32.1. The predicted molar refractivity (Wildman–Crippen MR) is 127 cm³/mol. The summed E-state index contributed by atoms with van der Waals surface area (Å²) in [5.41, 5.74) is 0.644. The number of carbonyl (C=O) groups excluding carboxylic acids is 1. The summed E-state index contributed by atoms with van der Waals surface area (Å²) in [6.45, 7) is 0.294. The minimum atomic E-state index is -2.91. The van der Waals surface area contributed by atoms with Crippen molar-refractivity contribution in [1.82, 2.24) is 25.3 Å². The van der Waals surface area contributed by atoms with E-state index >= 15 is 0 Å². The van der Waals surface area contributed by atoms with E-state index in [-0.39, 0.29) is 24.0 Å². The molecule has 0 aliphatic carbocycles. The Morgan fingerprint density at radius 2 is 2.06 bits per heavy atom. The van der Waals surface area contributed by atoms with Crippen molar-refractivity contribution in [2.24, 2.45) is 0 Å². The molecule has 5 rings (SSSR count). The first-order valence-electron chi connectivity index (χ1n) is 11.5. The van der Waals surface area contributed by atoms with E-state index in [1.54, 1.807) is 18.3 Å². The van der Waals surface area contributed by atoms with Gasteiger partial charge < -0.3 is 15.0 Å². The van der Waals surface area contributed by atoms with Gasteiger partial charge in [0.25, 0.3) is 0 Å². The van der Waals surface area contributed by atoms with Crippen LogP contribution in [0.3, 0.4) is 0 Å². The maximum atomic E-state index is 13.3. The predicted octanol–water partition coefficient (Wildman–Crippen LogP) is 3.18. The van der Waals surface area contributed by atoms with Crippen molar-refractivity contribution in [2.45, 2.75) is 38.0 Å². The smallest absolute Gasteiger partial charge is 0.387 e. The molecule has 35 heavy (non-hydrogen) atoms. The second kappa shape index (κ2) is 10.6. The van der Waals surface area contributed by atoms with Gasteiger partial charge in [0.1, 0.15) is 10.8 Å². The zero-order chi connectivity index (χ0) is 24.2. The van der Waals surface area contributed by atoms with E-state index in [1.807, 2.05) is 17.0 Å². The monoisotopic (exact) mass is 501 g/mol. The molecule has 0 saturated carbocycles. The van der Waals surface area contributed by atoms with Gasteiger partial charge in [-0.05, 0) is 42.7 Å². The Bertz CT molecular complexity index is 1150. The molecule has 0 unspecified atom stereocenters. The number of carbonyl (C=O) groups is 1. The number of ether oxygens (including phenoxy) is 1. The number of anilines is 2. The Kier molecular flexibility index (Phi) is 7.09. The molecule has 0 amide bonds. The van der Waals surface area contributed by atoms with E-state index < -0.39 is 12.7 Å². The van der Waals surface area contributed by atoms with Crippen LogP contribution in [0, 0.1) is 0 Å². The quantitative estimate of drug-likeness (QED) is 0.449. The summed E-state index contributed by atoms with van der Waals surface area (Å²) in [5.74, 6) is 0.849. The zero-order valence-corrected chi connectivity index (χ0v) is 19.7. The molecule has 2 fully saturated rings. The topological polar surface area (TPSA) is 96.4 Å². The Morgan fingerprint density at radius 3 is 2.80 bits per heavy atom. The van der Waals surface area contributed by atoms with Crippen LogP contribution in [0.5, 0.6) is 5.75 Å². The molecule has 0 spiro atoms. The summed E-state index contributed by atoms with van der Waals surface area (Å²) >= 11 is 1.36. The number of halogens is 2. The molecule has 0 bridgehead atoms. The fraction of sp³-hybridized carbons (Fsp3) is 0.435. The number of rotatable bonds is 10. The lowest BCUT2D eigenvalue weighted by Crippen LogP contribution is -2.44. The van der Waals surface area contributed by atoms with E-state index in [1.165, 1.54) is 23.5 Å². The molecule has 1 N–H and O–H groups in total. The second-order valence-corrected chi connectivity index (χ2v) is 9.61. The van der Waals surface area contributed by atoms with Gasteiger partial charge in [-0.1, -0.05) is 23.5 Å². The van der Waals surface area contributed by atoms with Crippen molar-refractivity contribution in [1.29, 1.82) is 0 Å². The summed E-state index contributed by atoms with van der Waals surface area (Å²) in [6.07, 6.45) is 3.70. The molecule has 2 aliphatic rings. The van der Waals surface area contributed by atoms with Crippen LogP contribution in [0.4, 0.5) is 19.7 Å². The number of aromatic nitrogens is 4. The van der Waals surface area contributed by atoms with Crippen LogP contribution >= 0.6 is 11.3 Å². The number of Topliss-reactive ketones (excluding diaryl/α,β-unsaturated/α-hetero) is 1. The number of alkyl halides is 2. The number of nitrogens with zero attached hydrogens (tertiary/aromatic N) is 6. The van der Waals surface area contributed by atoms with Gasteiger partial charge in [-0.15, -0.1) is 15.3 Å². The molecule has 0 radical (unpaired) electrons. The first kappa shape index (κ1) is 23.5. The average Bonchev–Trinajstić information content (AvgIpc) is 3.46. The maximum Gasteiger partial charge on any atom is 0.387 e. The molecule has 3 aromatic rings. The number of benzene rings is 1. The summed E-state index contributed by atoms with van der Waals surface area (Å²) in [4.78, 5) is 17.5. The normalized spacial score (nSPS) is 18.9. The minimum absolute atomic E-state index is 0.0451. The number of nitrogens with one attached hydrogen (secondary N) is 1. The highest BCUT2D eigenvalue weighted by Crippen LogP contribution is 2.31. The zero-order valence-electron chi connectivity index (χ0n) is 18.9. The van der Waals surface area contributed by atoms with Crippen molar-refractivity contribution in [3.8, 4) is 5.75 Å². The molecule has 12 heteroatoms. The van der Waals surface area contributed by atoms with Crippen molar-refractivity contribution in [3.63, 3.8) is 0 Å². The van der Waals surface area contributed by atoms with Crippen LogP contribution in [0.1, 0.15) is 29.5 Å². The molecule has 2 aromatic heterocycles. The number of hydrogen-bond donors (Lipinski definition) is 1. The first-order chi connectivity index (χ1) is 17.0.